The lowest BCUT2D eigenvalue weighted by Crippen LogP contribution is -2.32. The van der Waals surface area contributed by atoms with Crippen LogP contribution in [-0.4, -0.2) is 23.0 Å². The first kappa shape index (κ1) is 23.8. The standard InChI is InChI=1S/C30H25N3O4/c1-3-9-22-16-20(18-31-33-29(34)25-14-6-7-15-26(25)32-30(33)35)17-27(36-2)28(22)37-19-23-12-8-11-21-10-4-5-13-24(21)23/h3-8,10-18H,1,9,19H2,2H3,(H,32,35). The third kappa shape index (κ3) is 4.79. The van der Waals surface area contributed by atoms with Gasteiger partial charge >= 0.3 is 5.69 Å². The van der Waals surface area contributed by atoms with Crippen molar-refractivity contribution in [1.29, 1.82) is 0 Å². The fourth-order valence-corrected chi connectivity index (χ4v) is 4.33. The van der Waals surface area contributed by atoms with Gasteiger partial charge in [0.05, 0.1) is 24.2 Å². The number of H-pyrrole nitrogens is 1. The van der Waals surface area contributed by atoms with Gasteiger partial charge in [0.15, 0.2) is 11.5 Å². The van der Waals surface area contributed by atoms with Gasteiger partial charge in [0.1, 0.15) is 6.61 Å². The third-order valence-corrected chi connectivity index (χ3v) is 6.10. The molecule has 37 heavy (non-hydrogen) atoms. The van der Waals surface area contributed by atoms with Gasteiger partial charge in [0, 0.05) is 5.56 Å². The molecule has 7 heteroatoms. The van der Waals surface area contributed by atoms with E-state index in [4.69, 9.17) is 9.47 Å². The zero-order valence-electron chi connectivity index (χ0n) is 20.3. The van der Waals surface area contributed by atoms with Gasteiger partial charge in [-0.3, -0.25) is 4.79 Å². The van der Waals surface area contributed by atoms with Crippen molar-refractivity contribution in [2.75, 3.05) is 7.11 Å². The number of para-hydroxylation sites is 1. The van der Waals surface area contributed by atoms with Gasteiger partial charge in [-0.2, -0.15) is 5.10 Å². The van der Waals surface area contributed by atoms with E-state index in [0.29, 0.717) is 41.0 Å². The average molecular weight is 492 g/mol. The van der Waals surface area contributed by atoms with Crippen LogP contribution in [0.3, 0.4) is 0 Å². The molecular weight excluding hydrogens is 466 g/mol. The van der Waals surface area contributed by atoms with Crippen LogP contribution >= 0.6 is 0 Å². The van der Waals surface area contributed by atoms with Crippen LogP contribution in [0.25, 0.3) is 21.7 Å². The summed E-state index contributed by atoms with van der Waals surface area (Å²) in [6.07, 6.45) is 3.76. The number of aromatic nitrogens is 2. The van der Waals surface area contributed by atoms with E-state index >= 15 is 0 Å². The second kappa shape index (κ2) is 10.4. The lowest BCUT2D eigenvalue weighted by atomic mass is 10.0. The third-order valence-electron chi connectivity index (χ3n) is 6.10. The number of ether oxygens (including phenoxy) is 2. The Balaban J connectivity index is 1.49. The normalized spacial score (nSPS) is 11.3. The quantitative estimate of drug-likeness (QED) is 0.243. The molecule has 0 bridgehead atoms. The number of rotatable bonds is 8. The minimum absolute atomic E-state index is 0.358. The highest BCUT2D eigenvalue weighted by atomic mass is 16.5. The Morgan fingerprint density at radius 1 is 0.946 bits per heavy atom. The summed E-state index contributed by atoms with van der Waals surface area (Å²) in [5.74, 6) is 1.12. The zero-order chi connectivity index (χ0) is 25.8. The van der Waals surface area contributed by atoms with Crippen LogP contribution in [0.15, 0.2) is 106 Å². The molecule has 0 saturated heterocycles. The summed E-state index contributed by atoms with van der Waals surface area (Å²) in [6, 6.07) is 24.7. The molecule has 4 aromatic carbocycles. The van der Waals surface area contributed by atoms with Crippen molar-refractivity contribution < 1.29 is 9.47 Å². The van der Waals surface area contributed by atoms with E-state index in [9.17, 15) is 9.59 Å². The Bertz CT molecular complexity index is 1760. The molecule has 5 rings (SSSR count). The number of allylic oxidation sites excluding steroid dienone is 1. The fraction of sp³-hybridized carbons (Fsp3) is 0.100. The van der Waals surface area contributed by atoms with Crippen molar-refractivity contribution in [2.45, 2.75) is 13.0 Å². The van der Waals surface area contributed by atoms with Gasteiger partial charge in [-0.15, -0.1) is 11.3 Å². The first-order chi connectivity index (χ1) is 18.1. The lowest BCUT2D eigenvalue weighted by molar-refractivity contribution is 0.283. The summed E-state index contributed by atoms with van der Waals surface area (Å²) in [7, 11) is 1.57. The number of benzene rings is 4. The predicted octanol–water partition coefficient (Wildman–Crippen LogP) is 5.04. The first-order valence-corrected chi connectivity index (χ1v) is 11.8. The van der Waals surface area contributed by atoms with Crippen LogP contribution < -0.4 is 20.7 Å². The molecule has 0 unspecified atom stereocenters. The topological polar surface area (TPSA) is 85.7 Å². The van der Waals surface area contributed by atoms with Crippen LogP contribution in [0, 0.1) is 0 Å². The van der Waals surface area contributed by atoms with Gasteiger partial charge in [-0.1, -0.05) is 60.7 Å². The average Bonchev–Trinajstić information content (AvgIpc) is 2.92. The lowest BCUT2D eigenvalue weighted by Gasteiger charge is -2.16. The summed E-state index contributed by atoms with van der Waals surface area (Å²) in [4.78, 5) is 28.0. The van der Waals surface area contributed by atoms with Gasteiger partial charge in [-0.25, -0.2) is 4.79 Å². The molecule has 0 spiro atoms. The van der Waals surface area contributed by atoms with Crippen molar-refractivity contribution >= 4 is 27.9 Å². The largest absolute Gasteiger partial charge is 0.493 e. The fourth-order valence-electron chi connectivity index (χ4n) is 4.33. The van der Waals surface area contributed by atoms with E-state index in [1.54, 1.807) is 43.5 Å². The number of aromatic amines is 1. The Hall–Kier alpha value is -4.91. The summed E-state index contributed by atoms with van der Waals surface area (Å²) in [5, 5.41) is 6.82. The van der Waals surface area contributed by atoms with Crippen molar-refractivity contribution in [2.24, 2.45) is 5.10 Å². The molecule has 0 saturated carbocycles. The summed E-state index contributed by atoms with van der Waals surface area (Å²) in [5.41, 5.74) is 1.90. The highest BCUT2D eigenvalue weighted by Crippen LogP contribution is 2.34. The van der Waals surface area contributed by atoms with Crippen LogP contribution in [-0.2, 0) is 13.0 Å². The number of fused-ring (bicyclic) bond motifs is 2. The van der Waals surface area contributed by atoms with Gasteiger partial charge in [0.2, 0.25) is 0 Å². The molecular formula is C30H25N3O4. The molecule has 0 aliphatic carbocycles. The molecule has 1 aromatic heterocycles. The van der Waals surface area contributed by atoms with Crippen molar-refractivity contribution in [3.63, 3.8) is 0 Å². The van der Waals surface area contributed by atoms with E-state index in [-0.39, 0.29) is 0 Å². The monoisotopic (exact) mass is 491 g/mol. The molecule has 7 nitrogen and oxygen atoms in total. The van der Waals surface area contributed by atoms with Crippen LogP contribution in [0.1, 0.15) is 16.7 Å². The van der Waals surface area contributed by atoms with E-state index in [2.05, 4.69) is 34.9 Å². The predicted molar refractivity (Wildman–Crippen MR) is 147 cm³/mol. The summed E-state index contributed by atoms with van der Waals surface area (Å²) >= 11 is 0. The molecule has 0 atom stereocenters. The van der Waals surface area contributed by atoms with E-state index in [1.165, 1.54) is 6.21 Å². The zero-order valence-corrected chi connectivity index (χ0v) is 20.3. The number of hydrogen-bond acceptors (Lipinski definition) is 5. The summed E-state index contributed by atoms with van der Waals surface area (Å²) in [6.45, 7) is 4.22. The smallest absolute Gasteiger partial charge is 0.349 e. The molecule has 0 aliphatic heterocycles. The number of nitrogens with one attached hydrogen (secondary N) is 1. The van der Waals surface area contributed by atoms with Crippen LogP contribution in [0.2, 0.25) is 0 Å². The maximum atomic E-state index is 12.8. The maximum Gasteiger partial charge on any atom is 0.349 e. The molecule has 0 amide bonds. The van der Waals surface area contributed by atoms with Crippen LogP contribution in [0.5, 0.6) is 11.5 Å². The highest BCUT2D eigenvalue weighted by Gasteiger charge is 2.14. The Kier molecular flexibility index (Phi) is 6.68. The van der Waals surface area contributed by atoms with E-state index in [1.807, 2.05) is 30.3 Å². The van der Waals surface area contributed by atoms with E-state index in [0.717, 1.165) is 26.6 Å². The van der Waals surface area contributed by atoms with Crippen molar-refractivity contribution in [1.82, 2.24) is 9.66 Å². The molecule has 0 radical (unpaired) electrons. The molecule has 5 aromatic rings. The first-order valence-electron chi connectivity index (χ1n) is 11.8. The maximum absolute atomic E-state index is 12.8. The van der Waals surface area contributed by atoms with Gasteiger partial charge < -0.3 is 14.5 Å². The molecule has 0 fully saturated rings. The van der Waals surface area contributed by atoms with Gasteiger partial charge in [-0.05, 0) is 52.6 Å². The minimum Gasteiger partial charge on any atom is -0.493 e. The van der Waals surface area contributed by atoms with E-state index < -0.39 is 11.2 Å². The second-order valence-electron chi connectivity index (χ2n) is 8.47. The molecule has 1 heterocycles. The van der Waals surface area contributed by atoms with Crippen molar-refractivity contribution in [3.8, 4) is 11.5 Å². The number of methoxy groups -OCH3 is 1. The minimum atomic E-state index is -0.617. The van der Waals surface area contributed by atoms with Gasteiger partial charge in [0.25, 0.3) is 5.56 Å². The summed E-state index contributed by atoms with van der Waals surface area (Å²) < 4.78 is 12.7. The molecule has 184 valence electrons. The second-order valence-corrected chi connectivity index (χ2v) is 8.47. The highest BCUT2D eigenvalue weighted by molar-refractivity contribution is 5.85. The number of hydrogen-bond donors (Lipinski definition) is 1. The Morgan fingerprint density at radius 2 is 1.70 bits per heavy atom. The van der Waals surface area contributed by atoms with Crippen LogP contribution in [0.4, 0.5) is 0 Å². The molecule has 0 aliphatic rings. The Morgan fingerprint density at radius 3 is 2.51 bits per heavy atom. The van der Waals surface area contributed by atoms with Crippen molar-refractivity contribution in [3.05, 3.63) is 129 Å². The number of nitrogens with zero attached hydrogens (tertiary/aromatic N) is 2. The Labute approximate surface area is 212 Å². The SMILES string of the molecule is C=CCc1cc(C=Nn2c(=O)[nH]c3ccccc3c2=O)cc(OC)c1OCc1cccc2ccccc12. The molecule has 1 N–H and O–H groups in total.